The second kappa shape index (κ2) is 8.75. The highest BCUT2D eigenvalue weighted by molar-refractivity contribution is 6.14. The molecule has 4 rings (SSSR count). The number of ether oxygens (including phenoxy) is 4. The third-order valence-electron chi connectivity index (χ3n) is 4.77. The van der Waals surface area contributed by atoms with Gasteiger partial charge in [0.1, 0.15) is 11.5 Å². The van der Waals surface area contributed by atoms with E-state index in [0.29, 0.717) is 28.6 Å². The zero-order valence-electron chi connectivity index (χ0n) is 17.1. The van der Waals surface area contributed by atoms with Crippen molar-refractivity contribution in [3.63, 3.8) is 0 Å². The fourth-order valence-electron chi connectivity index (χ4n) is 3.25. The van der Waals surface area contributed by atoms with Crippen LogP contribution in [0.5, 0.6) is 23.0 Å². The van der Waals surface area contributed by atoms with Crippen molar-refractivity contribution in [2.45, 2.75) is 6.42 Å². The van der Waals surface area contributed by atoms with Gasteiger partial charge in [0.2, 0.25) is 5.78 Å². The highest BCUT2D eigenvalue weighted by Gasteiger charge is 2.28. The number of carbonyl (C=O) groups is 2. The van der Waals surface area contributed by atoms with E-state index in [0.717, 1.165) is 11.1 Å². The minimum absolute atomic E-state index is 0.155. The number of hydrogen-bond donors (Lipinski definition) is 0. The van der Waals surface area contributed by atoms with Crippen molar-refractivity contribution in [2.24, 2.45) is 0 Å². The van der Waals surface area contributed by atoms with E-state index in [1.54, 1.807) is 56.7 Å². The summed E-state index contributed by atoms with van der Waals surface area (Å²) in [5.41, 5.74) is 2.00. The van der Waals surface area contributed by atoms with Crippen LogP contribution in [0.3, 0.4) is 0 Å². The van der Waals surface area contributed by atoms with E-state index >= 15 is 0 Å². The Hall–Kier alpha value is -4.06. The molecule has 0 amide bonds. The maximum Gasteiger partial charge on any atom is 0.315 e. The van der Waals surface area contributed by atoms with Crippen molar-refractivity contribution in [1.29, 1.82) is 0 Å². The van der Waals surface area contributed by atoms with Crippen LogP contribution in [0.1, 0.15) is 21.5 Å². The summed E-state index contributed by atoms with van der Waals surface area (Å²) in [7, 11) is 3.10. The number of esters is 1. The third-order valence-corrected chi connectivity index (χ3v) is 4.77. The number of rotatable bonds is 6. The largest absolute Gasteiger partial charge is 0.493 e. The van der Waals surface area contributed by atoms with Crippen LogP contribution in [-0.2, 0) is 11.2 Å². The van der Waals surface area contributed by atoms with Crippen molar-refractivity contribution in [3.8, 4) is 23.0 Å². The molecular weight excluding hydrogens is 396 g/mol. The van der Waals surface area contributed by atoms with E-state index in [-0.39, 0.29) is 18.0 Å². The van der Waals surface area contributed by atoms with Crippen molar-refractivity contribution in [3.05, 3.63) is 89.2 Å². The molecule has 31 heavy (non-hydrogen) atoms. The zero-order valence-corrected chi connectivity index (χ0v) is 17.1. The molecule has 0 spiro atoms. The van der Waals surface area contributed by atoms with E-state index in [9.17, 15) is 9.59 Å². The van der Waals surface area contributed by atoms with E-state index in [1.807, 2.05) is 30.3 Å². The van der Waals surface area contributed by atoms with Crippen molar-refractivity contribution < 1.29 is 28.5 Å². The topological polar surface area (TPSA) is 71.1 Å². The number of methoxy groups -OCH3 is 2. The van der Waals surface area contributed by atoms with Gasteiger partial charge in [0.05, 0.1) is 26.2 Å². The summed E-state index contributed by atoms with van der Waals surface area (Å²) in [6.07, 6.45) is 1.79. The van der Waals surface area contributed by atoms with Gasteiger partial charge in [-0.15, -0.1) is 0 Å². The van der Waals surface area contributed by atoms with E-state index in [1.165, 1.54) is 0 Å². The van der Waals surface area contributed by atoms with E-state index in [4.69, 9.17) is 18.9 Å². The van der Waals surface area contributed by atoms with Crippen LogP contribution in [0.4, 0.5) is 0 Å². The second-order valence-corrected chi connectivity index (χ2v) is 6.85. The molecule has 0 aliphatic carbocycles. The van der Waals surface area contributed by atoms with Gasteiger partial charge in [0.15, 0.2) is 17.3 Å². The number of Topliss-reactive ketones (excluding diaryl/α,β-unsaturated/α-hetero) is 1. The van der Waals surface area contributed by atoms with Crippen LogP contribution in [0, 0.1) is 0 Å². The molecule has 0 N–H and O–H groups in total. The number of carbonyl (C=O) groups excluding carboxylic acids is 2. The highest BCUT2D eigenvalue weighted by Crippen LogP contribution is 2.36. The van der Waals surface area contributed by atoms with E-state index in [2.05, 4.69) is 0 Å². The van der Waals surface area contributed by atoms with Crippen LogP contribution < -0.4 is 18.9 Å². The first-order valence-electron chi connectivity index (χ1n) is 9.62. The quantitative estimate of drug-likeness (QED) is 0.336. The van der Waals surface area contributed by atoms with Gasteiger partial charge in [0, 0.05) is 6.07 Å². The number of ketones is 1. The minimum Gasteiger partial charge on any atom is -0.493 e. The molecule has 0 unspecified atom stereocenters. The summed E-state index contributed by atoms with van der Waals surface area (Å²) in [4.78, 5) is 24.9. The first kappa shape index (κ1) is 20.2. The minimum atomic E-state index is -0.392. The standard InChI is InChI=1S/C25H20O6/c1-28-20-11-8-17(12-22(20)29-2)13-23-25(27)19-10-9-18(15-21(19)31-23)30-24(26)14-16-6-4-3-5-7-16/h3-13,15H,14H2,1-2H3/b23-13-. The molecule has 1 heterocycles. The first-order valence-corrected chi connectivity index (χ1v) is 9.62. The Morgan fingerprint density at radius 2 is 1.71 bits per heavy atom. The SMILES string of the molecule is COc1ccc(/C=C2\Oc3cc(OC(=O)Cc4ccccc4)ccc3C2=O)cc1OC. The summed E-state index contributed by atoms with van der Waals surface area (Å²) in [6.45, 7) is 0. The average molecular weight is 416 g/mol. The Morgan fingerprint density at radius 3 is 2.45 bits per heavy atom. The van der Waals surface area contributed by atoms with Gasteiger partial charge in [-0.1, -0.05) is 36.4 Å². The molecule has 3 aromatic rings. The lowest BCUT2D eigenvalue weighted by atomic mass is 10.1. The van der Waals surface area contributed by atoms with Gasteiger partial charge in [-0.05, 0) is 41.5 Å². The van der Waals surface area contributed by atoms with Gasteiger partial charge in [-0.25, -0.2) is 0 Å². The summed E-state index contributed by atoms with van der Waals surface area (Å²) < 4.78 is 21.7. The van der Waals surface area contributed by atoms with Crippen LogP contribution in [0.25, 0.3) is 6.08 Å². The average Bonchev–Trinajstić information content (AvgIpc) is 3.08. The van der Waals surface area contributed by atoms with Crippen LogP contribution in [-0.4, -0.2) is 26.0 Å². The van der Waals surface area contributed by atoms with Crippen LogP contribution >= 0.6 is 0 Å². The second-order valence-electron chi connectivity index (χ2n) is 6.85. The van der Waals surface area contributed by atoms with Gasteiger partial charge in [-0.2, -0.15) is 0 Å². The molecule has 0 fully saturated rings. The Morgan fingerprint density at radius 1 is 0.935 bits per heavy atom. The van der Waals surface area contributed by atoms with Crippen molar-refractivity contribution in [1.82, 2.24) is 0 Å². The van der Waals surface area contributed by atoms with Crippen LogP contribution in [0.2, 0.25) is 0 Å². The normalized spacial score (nSPS) is 13.5. The molecule has 0 radical (unpaired) electrons. The van der Waals surface area contributed by atoms with Crippen LogP contribution in [0.15, 0.2) is 72.5 Å². The maximum absolute atomic E-state index is 12.7. The number of fused-ring (bicyclic) bond motifs is 1. The molecule has 6 heteroatoms. The smallest absolute Gasteiger partial charge is 0.315 e. The molecule has 0 atom stereocenters. The van der Waals surface area contributed by atoms with Gasteiger partial charge in [0.25, 0.3) is 0 Å². The Labute approximate surface area is 179 Å². The molecule has 3 aromatic carbocycles. The molecule has 0 saturated carbocycles. The first-order chi connectivity index (χ1) is 15.1. The van der Waals surface area contributed by atoms with Gasteiger partial charge >= 0.3 is 5.97 Å². The number of hydrogen-bond acceptors (Lipinski definition) is 6. The lowest BCUT2D eigenvalue weighted by molar-refractivity contribution is -0.133. The summed E-state index contributed by atoms with van der Waals surface area (Å²) in [5.74, 6) is 1.35. The Balaban J connectivity index is 1.50. The Kier molecular flexibility index (Phi) is 5.71. The molecule has 1 aliphatic rings. The predicted molar refractivity (Wildman–Crippen MR) is 115 cm³/mol. The van der Waals surface area contributed by atoms with Gasteiger partial charge < -0.3 is 18.9 Å². The fraction of sp³-hybridized carbons (Fsp3) is 0.120. The molecule has 0 saturated heterocycles. The molecule has 156 valence electrons. The van der Waals surface area contributed by atoms with E-state index < -0.39 is 5.97 Å². The fourth-order valence-corrected chi connectivity index (χ4v) is 3.25. The van der Waals surface area contributed by atoms with Gasteiger partial charge in [-0.3, -0.25) is 9.59 Å². The molecular formula is C25H20O6. The number of allylic oxidation sites excluding steroid dienone is 1. The lowest BCUT2D eigenvalue weighted by Gasteiger charge is -2.08. The zero-order chi connectivity index (χ0) is 21.8. The molecule has 0 bridgehead atoms. The summed E-state index contributed by atoms with van der Waals surface area (Å²) >= 11 is 0. The molecule has 6 nitrogen and oxygen atoms in total. The van der Waals surface area contributed by atoms with Crippen molar-refractivity contribution >= 4 is 17.8 Å². The third kappa shape index (κ3) is 4.43. The lowest BCUT2D eigenvalue weighted by Crippen LogP contribution is -2.11. The molecule has 1 aliphatic heterocycles. The Bertz CT molecular complexity index is 1160. The monoisotopic (exact) mass is 416 g/mol. The summed E-state index contributed by atoms with van der Waals surface area (Å²) in [5, 5.41) is 0. The highest BCUT2D eigenvalue weighted by atomic mass is 16.5. The number of benzene rings is 3. The maximum atomic E-state index is 12.7. The van der Waals surface area contributed by atoms with Crippen molar-refractivity contribution in [2.75, 3.05) is 14.2 Å². The predicted octanol–water partition coefficient (Wildman–Crippen LogP) is 4.47. The molecule has 0 aromatic heterocycles. The summed E-state index contributed by atoms with van der Waals surface area (Å²) in [6, 6.07) is 19.4.